The third-order valence-corrected chi connectivity index (χ3v) is 4.89. The molecule has 0 saturated carbocycles. The molecular formula is C18H20N4OS. The summed E-state index contributed by atoms with van der Waals surface area (Å²) in [6.07, 6.45) is 1.94. The van der Waals surface area contributed by atoms with Crippen LogP contribution in [0.3, 0.4) is 0 Å². The second kappa shape index (κ2) is 7.53. The van der Waals surface area contributed by atoms with Crippen LogP contribution in [0.15, 0.2) is 36.4 Å². The number of hydrogen-bond donors (Lipinski definition) is 0. The van der Waals surface area contributed by atoms with Crippen LogP contribution in [0.4, 0.5) is 0 Å². The molecule has 24 heavy (non-hydrogen) atoms. The van der Waals surface area contributed by atoms with Gasteiger partial charge < -0.3 is 0 Å². The molecule has 0 radical (unpaired) electrons. The molecular weight excluding hydrogens is 320 g/mol. The summed E-state index contributed by atoms with van der Waals surface area (Å²) in [5.74, 6) is 1.84. The molecule has 0 spiro atoms. The molecule has 3 rings (SSSR count). The quantitative estimate of drug-likeness (QED) is 0.620. The maximum atomic E-state index is 10.6. The molecule has 0 amide bonds. The predicted molar refractivity (Wildman–Crippen MR) is 96.9 cm³/mol. The van der Waals surface area contributed by atoms with Crippen LogP contribution < -0.4 is 0 Å². The SMILES string of the molecule is CCN(CC)Cc1nn2c(-c3ccccc3)c(CC=C=O)nc2s1. The van der Waals surface area contributed by atoms with Crippen LogP contribution in [0.2, 0.25) is 0 Å². The van der Waals surface area contributed by atoms with Crippen molar-refractivity contribution in [1.29, 1.82) is 0 Å². The summed E-state index contributed by atoms with van der Waals surface area (Å²) in [6, 6.07) is 10.1. The van der Waals surface area contributed by atoms with Crippen LogP contribution in [0, 0.1) is 0 Å². The fourth-order valence-electron chi connectivity index (χ4n) is 2.70. The number of fused-ring (bicyclic) bond motifs is 1. The number of rotatable bonds is 7. The molecule has 0 N–H and O–H groups in total. The Hall–Kier alpha value is -2.27. The molecule has 0 aliphatic carbocycles. The van der Waals surface area contributed by atoms with Crippen molar-refractivity contribution in [3.8, 4) is 11.3 Å². The van der Waals surface area contributed by atoms with Gasteiger partial charge in [0.05, 0.1) is 17.9 Å². The van der Waals surface area contributed by atoms with Gasteiger partial charge in [-0.3, -0.25) is 4.90 Å². The van der Waals surface area contributed by atoms with Crippen molar-refractivity contribution in [2.75, 3.05) is 13.1 Å². The van der Waals surface area contributed by atoms with Crippen molar-refractivity contribution in [2.24, 2.45) is 0 Å². The first-order valence-corrected chi connectivity index (χ1v) is 8.92. The van der Waals surface area contributed by atoms with E-state index in [1.807, 2.05) is 40.8 Å². The highest BCUT2D eigenvalue weighted by Gasteiger charge is 2.18. The number of carbonyl (C=O) groups excluding carboxylic acids is 1. The zero-order valence-corrected chi connectivity index (χ0v) is 14.7. The van der Waals surface area contributed by atoms with Gasteiger partial charge in [-0.15, -0.1) is 0 Å². The van der Waals surface area contributed by atoms with Crippen LogP contribution >= 0.6 is 11.3 Å². The molecule has 0 fully saturated rings. The van der Waals surface area contributed by atoms with Gasteiger partial charge in [0.2, 0.25) is 4.96 Å². The maximum absolute atomic E-state index is 10.6. The van der Waals surface area contributed by atoms with E-state index in [-0.39, 0.29) is 0 Å². The molecule has 5 nitrogen and oxygen atoms in total. The molecule has 0 saturated heterocycles. The second-order valence-corrected chi connectivity index (χ2v) is 6.49. The Morgan fingerprint density at radius 1 is 1.25 bits per heavy atom. The van der Waals surface area contributed by atoms with E-state index < -0.39 is 0 Å². The summed E-state index contributed by atoms with van der Waals surface area (Å²) in [4.78, 5) is 18.5. The second-order valence-electron chi connectivity index (χ2n) is 5.45. The van der Waals surface area contributed by atoms with Gasteiger partial charge >= 0.3 is 0 Å². The number of hydrogen-bond acceptors (Lipinski definition) is 5. The minimum Gasteiger partial charge on any atom is -0.297 e. The fourth-order valence-corrected chi connectivity index (χ4v) is 3.65. The largest absolute Gasteiger partial charge is 0.297 e. The molecule has 6 heteroatoms. The number of imidazole rings is 1. The number of benzene rings is 1. The smallest absolute Gasteiger partial charge is 0.213 e. The van der Waals surface area contributed by atoms with Crippen molar-refractivity contribution in [1.82, 2.24) is 19.5 Å². The van der Waals surface area contributed by atoms with Gasteiger partial charge in [0.25, 0.3) is 0 Å². The lowest BCUT2D eigenvalue weighted by Gasteiger charge is -2.15. The molecule has 0 aliphatic heterocycles. The number of allylic oxidation sites excluding steroid dienone is 1. The van der Waals surface area contributed by atoms with E-state index in [4.69, 9.17) is 10.1 Å². The number of aromatic nitrogens is 3. The first-order chi connectivity index (χ1) is 11.8. The molecule has 0 atom stereocenters. The zero-order chi connectivity index (χ0) is 16.9. The molecule has 0 unspecified atom stereocenters. The summed E-state index contributed by atoms with van der Waals surface area (Å²) in [6.45, 7) is 7.14. The van der Waals surface area contributed by atoms with E-state index >= 15 is 0 Å². The lowest BCUT2D eigenvalue weighted by molar-refractivity contribution is 0.294. The van der Waals surface area contributed by atoms with Crippen molar-refractivity contribution in [3.05, 3.63) is 47.1 Å². The van der Waals surface area contributed by atoms with E-state index in [0.717, 1.165) is 46.6 Å². The molecule has 1 aromatic carbocycles. The highest BCUT2D eigenvalue weighted by Crippen LogP contribution is 2.28. The third-order valence-electron chi connectivity index (χ3n) is 4.00. The van der Waals surface area contributed by atoms with Gasteiger partial charge in [-0.05, 0) is 13.1 Å². The fraction of sp³-hybridized carbons (Fsp3) is 0.333. The minimum absolute atomic E-state index is 0.467. The molecule has 2 aromatic heterocycles. The Labute approximate surface area is 145 Å². The standard InChI is InChI=1S/C18H20N4OS/c1-3-21(4-2)13-16-20-22-17(14-9-6-5-7-10-14)15(11-8-12-23)19-18(22)24-16/h5-10H,3-4,11,13H2,1-2H3. The van der Waals surface area contributed by atoms with Crippen LogP contribution in [0.5, 0.6) is 0 Å². The van der Waals surface area contributed by atoms with Crippen molar-refractivity contribution >= 4 is 22.2 Å². The van der Waals surface area contributed by atoms with E-state index in [0.29, 0.717) is 6.42 Å². The highest BCUT2D eigenvalue weighted by molar-refractivity contribution is 7.16. The Morgan fingerprint density at radius 3 is 2.67 bits per heavy atom. The molecule has 3 aromatic rings. The van der Waals surface area contributed by atoms with Crippen molar-refractivity contribution < 1.29 is 4.79 Å². The Morgan fingerprint density at radius 2 is 2.00 bits per heavy atom. The highest BCUT2D eigenvalue weighted by atomic mass is 32.1. The first-order valence-electron chi connectivity index (χ1n) is 8.11. The Bertz CT molecular complexity index is 858. The third kappa shape index (κ3) is 3.31. The molecule has 2 heterocycles. The lowest BCUT2D eigenvalue weighted by atomic mass is 10.1. The van der Waals surface area contributed by atoms with Gasteiger partial charge in [0.15, 0.2) is 0 Å². The van der Waals surface area contributed by atoms with E-state index in [9.17, 15) is 4.79 Å². The van der Waals surface area contributed by atoms with Crippen LogP contribution in [-0.4, -0.2) is 38.5 Å². The monoisotopic (exact) mass is 340 g/mol. The van der Waals surface area contributed by atoms with Crippen molar-refractivity contribution in [2.45, 2.75) is 26.8 Å². The van der Waals surface area contributed by atoms with Crippen LogP contribution in [-0.2, 0) is 17.8 Å². The summed E-state index contributed by atoms with van der Waals surface area (Å²) >= 11 is 1.61. The van der Waals surface area contributed by atoms with Gasteiger partial charge in [0, 0.05) is 18.1 Å². The number of nitrogens with zero attached hydrogens (tertiary/aromatic N) is 4. The maximum Gasteiger partial charge on any atom is 0.213 e. The molecule has 0 bridgehead atoms. The normalized spacial score (nSPS) is 11.1. The predicted octanol–water partition coefficient (Wildman–Crippen LogP) is 3.23. The zero-order valence-electron chi connectivity index (χ0n) is 13.9. The van der Waals surface area contributed by atoms with Crippen LogP contribution in [0.25, 0.3) is 16.2 Å². The van der Waals surface area contributed by atoms with E-state index in [1.165, 1.54) is 6.08 Å². The molecule has 0 aliphatic rings. The first kappa shape index (κ1) is 16.6. The van der Waals surface area contributed by atoms with Gasteiger partial charge in [-0.25, -0.2) is 14.3 Å². The summed E-state index contributed by atoms with van der Waals surface area (Å²) < 4.78 is 1.91. The topological polar surface area (TPSA) is 50.5 Å². The van der Waals surface area contributed by atoms with Gasteiger partial charge in [0.1, 0.15) is 10.9 Å². The van der Waals surface area contributed by atoms with Gasteiger partial charge in [-0.1, -0.05) is 55.5 Å². The average Bonchev–Trinajstić information content (AvgIpc) is 3.15. The van der Waals surface area contributed by atoms with E-state index in [1.54, 1.807) is 11.3 Å². The summed E-state index contributed by atoms with van der Waals surface area (Å²) in [5.41, 5.74) is 2.87. The Balaban J connectivity index is 2.06. The van der Waals surface area contributed by atoms with Crippen molar-refractivity contribution in [3.63, 3.8) is 0 Å². The summed E-state index contributed by atoms with van der Waals surface area (Å²) in [5, 5.41) is 5.82. The van der Waals surface area contributed by atoms with Crippen LogP contribution in [0.1, 0.15) is 24.5 Å². The average molecular weight is 340 g/mol. The lowest BCUT2D eigenvalue weighted by Crippen LogP contribution is -2.22. The minimum atomic E-state index is 0.467. The molecule has 124 valence electrons. The van der Waals surface area contributed by atoms with E-state index in [2.05, 4.69) is 18.7 Å². The van der Waals surface area contributed by atoms with Gasteiger partial charge in [-0.2, -0.15) is 5.10 Å². The summed E-state index contributed by atoms with van der Waals surface area (Å²) in [7, 11) is 0. The Kier molecular flexibility index (Phi) is 5.20.